The SMILES string of the molecule is C[Si](C)(/C=C\c1ccc(-c2ccccc2)cc1)c1ccc([Si](C)(C)/C=C\c2ccc(-c3ccccc3)cc2)cc1. The van der Waals surface area contributed by atoms with Crippen molar-refractivity contribution in [2.24, 2.45) is 0 Å². The van der Waals surface area contributed by atoms with E-state index in [1.807, 2.05) is 0 Å². The Kier molecular flexibility index (Phi) is 8.30. The van der Waals surface area contributed by atoms with E-state index in [0.29, 0.717) is 0 Å². The molecule has 0 aromatic heterocycles. The molecule has 0 amide bonds. The molecule has 2 heteroatoms. The Morgan fingerprint density at radius 2 is 0.650 bits per heavy atom. The van der Waals surface area contributed by atoms with E-state index in [9.17, 15) is 0 Å². The lowest BCUT2D eigenvalue weighted by Crippen LogP contribution is -2.43. The van der Waals surface area contributed by atoms with Crippen LogP contribution in [0, 0.1) is 0 Å². The standard InChI is InChI=1S/C38H38Si2/c1-39(2,29-27-31-15-19-35(20-16-31)33-11-7-5-8-12-33)37-23-25-38(26-24-37)40(3,4)30-28-32-17-21-36(22-18-32)34-13-9-6-10-14-34/h5-30H,1-4H3/b29-27-,30-28-. The van der Waals surface area contributed by atoms with Gasteiger partial charge < -0.3 is 0 Å². The third kappa shape index (κ3) is 6.77. The highest BCUT2D eigenvalue weighted by molar-refractivity contribution is 6.95. The molecule has 5 rings (SSSR count). The first-order valence-corrected chi connectivity index (χ1v) is 20.3. The first kappa shape index (κ1) is 27.6. The zero-order valence-electron chi connectivity index (χ0n) is 24.0. The molecule has 0 N–H and O–H groups in total. The number of hydrogen-bond acceptors (Lipinski definition) is 0. The van der Waals surface area contributed by atoms with E-state index >= 15 is 0 Å². The van der Waals surface area contributed by atoms with Gasteiger partial charge in [0.1, 0.15) is 16.1 Å². The summed E-state index contributed by atoms with van der Waals surface area (Å²) < 4.78 is 0. The highest BCUT2D eigenvalue weighted by Gasteiger charge is 2.23. The Morgan fingerprint density at radius 3 is 0.975 bits per heavy atom. The number of rotatable bonds is 8. The largest absolute Gasteiger partial charge is 0.104 e. The summed E-state index contributed by atoms with van der Waals surface area (Å²) in [5.41, 5.74) is 12.5. The molecule has 0 aliphatic rings. The monoisotopic (exact) mass is 550 g/mol. The van der Waals surface area contributed by atoms with Crippen molar-refractivity contribution in [3.05, 3.63) is 156 Å². The molecule has 40 heavy (non-hydrogen) atoms. The maximum absolute atomic E-state index is 2.46. The molecule has 5 aromatic rings. The fraction of sp³-hybridized carbons (Fsp3) is 0.105. The average molecular weight is 551 g/mol. The van der Waals surface area contributed by atoms with Gasteiger partial charge in [0.25, 0.3) is 0 Å². The summed E-state index contributed by atoms with van der Waals surface area (Å²) in [6.45, 7) is 9.72. The second-order valence-electron chi connectivity index (χ2n) is 11.7. The summed E-state index contributed by atoms with van der Waals surface area (Å²) >= 11 is 0. The fourth-order valence-electron chi connectivity index (χ4n) is 4.97. The van der Waals surface area contributed by atoms with E-state index in [1.54, 1.807) is 0 Å². The molecule has 0 spiro atoms. The van der Waals surface area contributed by atoms with Crippen LogP contribution in [0.15, 0.2) is 145 Å². The molecule has 198 valence electrons. The maximum Gasteiger partial charge on any atom is 0.104 e. The smallest absolute Gasteiger partial charge is 0.0897 e. The van der Waals surface area contributed by atoms with Crippen LogP contribution >= 0.6 is 0 Å². The molecule has 0 aliphatic carbocycles. The van der Waals surface area contributed by atoms with Gasteiger partial charge in [-0.1, -0.05) is 194 Å². The Labute approximate surface area is 242 Å². The van der Waals surface area contributed by atoms with Crippen LogP contribution in [0.2, 0.25) is 26.2 Å². The highest BCUT2D eigenvalue weighted by Crippen LogP contribution is 2.21. The van der Waals surface area contributed by atoms with Crippen LogP contribution in [0.5, 0.6) is 0 Å². The van der Waals surface area contributed by atoms with Gasteiger partial charge in [-0.25, -0.2) is 0 Å². The van der Waals surface area contributed by atoms with Crippen LogP contribution in [0.1, 0.15) is 11.1 Å². The highest BCUT2D eigenvalue weighted by atomic mass is 28.3. The number of hydrogen-bond donors (Lipinski definition) is 0. The lowest BCUT2D eigenvalue weighted by Gasteiger charge is -2.22. The Balaban J connectivity index is 1.25. The summed E-state index contributed by atoms with van der Waals surface area (Å²) in [5.74, 6) is 0. The van der Waals surface area contributed by atoms with Gasteiger partial charge in [-0.2, -0.15) is 0 Å². The summed E-state index contributed by atoms with van der Waals surface area (Å²) in [7, 11) is -3.42. The minimum absolute atomic E-state index is 1.26. The Hall–Kier alpha value is -3.99. The van der Waals surface area contributed by atoms with Gasteiger partial charge in [-0.15, -0.1) is 0 Å². The van der Waals surface area contributed by atoms with E-state index in [2.05, 4.69) is 183 Å². The maximum atomic E-state index is 2.46. The van der Waals surface area contributed by atoms with Crippen LogP contribution in [-0.4, -0.2) is 16.1 Å². The molecular weight excluding hydrogens is 513 g/mol. The van der Waals surface area contributed by atoms with Crippen LogP contribution in [-0.2, 0) is 0 Å². The van der Waals surface area contributed by atoms with Gasteiger partial charge in [0.05, 0.1) is 0 Å². The molecule has 5 aromatic carbocycles. The van der Waals surface area contributed by atoms with Crippen molar-refractivity contribution in [1.82, 2.24) is 0 Å². The Morgan fingerprint density at radius 1 is 0.350 bits per heavy atom. The lowest BCUT2D eigenvalue weighted by molar-refractivity contribution is 1.60. The van der Waals surface area contributed by atoms with Crippen molar-refractivity contribution in [2.75, 3.05) is 0 Å². The topological polar surface area (TPSA) is 0 Å². The third-order valence-electron chi connectivity index (χ3n) is 7.79. The molecule has 0 saturated carbocycles. The van der Waals surface area contributed by atoms with E-state index in [1.165, 1.54) is 43.8 Å². The summed E-state index contributed by atoms with van der Waals surface area (Å²) in [6, 6.07) is 48.4. The van der Waals surface area contributed by atoms with Crippen LogP contribution < -0.4 is 10.4 Å². The van der Waals surface area contributed by atoms with E-state index < -0.39 is 16.1 Å². The van der Waals surface area contributed by atoms with Gasteiger partial charge in [-0.3, -0.25) is 0 Å². The number of benzene rings is 5. The quantitative estimate of drug-likeness (QED) is 0.169. The van der Waals surface area contributed by atoms with Crippen LogP contribution in [0.25, 0.3) is 34.4 Å². The van der Waals surface area contributed by atoms with Crippen molar-refractivity contribution in [2.45, 2.75) is 26.2 Å². The molecule has 0 nitrogen and oxygen atoms in total. The van der Waals surface area contributed by atoms with Crippen LogP contribution in [0.4, 0.5) is 0 Å². The summed E-state index contributed by atoms with van der Waals surface area (Å²) in [6.07, 6.45) is 4.61. The zero-order chi connectivity index (χ0) is 28.0. The molecule has 0 unspecified atom stereocenters. The predicted molar refractivity (Wildman–Crippen MR) is 182 cm³/mol. The van der Waals surface area contributed by atoms with Gasteiger partial charge in [0, 0.05) is 0 Å². The van der Waals surface area contributed by atoms with Crippen molar-refractivity contribution in [3.8, 4) is 22.3 Å². The Bertz CT molecular complexity index is 1450. The van der Waals surface area contributed by atoms with Crippen molar-refractivity contribution >= 4 is 38.7 Å². The average Bonchev–Trinajstić information content (AvgIpc) is 3.00. The fourth-order valence-corrected chi connectivity index (χ4v) is 8.62. The van der Waals surface area contributed by atoms with E-state index in [4.69, 9.17) is 0 Å². The second kappa shape index (κ2) is 12.0. The molecule has 0 saturated heterocycles. The molecular formula is C38H38Si2. The minimum atomic E-state index is -1.71. The summed E-state index contributed by atoms with van der Waals surface area (Å²) in [5, 5.41) is 2.94. The van der Waals surface area contributed by atoms with Gasteiger partial charge >= 0.3 is 0 Å². The van der Waals surface area contributed by atoms with Crippen LogP contribution in [0.3, 0.4) is 0 Å². The van der Waals surface area contributed by atoms with Gasteiger partial charge in [0.2, 0.25) is 0 Å². The van der Waals surface area contributed by atoms with Crippen molar-refractivity contribution in [3.63, 3.8) is 0 Å². The molecule has 0 heterocycles. The lowest BCUT2D eigenvalue weighted by atomic mass is 10.0. The minimum Gasteiger partial charge on any atom is -0.0897 e. The van der Waals surface area contributed by atoms with Gasteiger partial charge in [0.15, 0.2) is 0 Å². The predicted octanol–water partition coefficient (Wildman–Crippen LogP) is 9.36. The van der Waals surface area contributed by atoms with E-state index in [-0.39, 0.29) is 0 Å². The second-order valence-corrected chi connectivity index (χ2v) is 20.4. The van der Waals surface area contributed by atoms with Crippen molar-refractivity contribution < 1.29 is 0 Å². The zero-order valence-corrected chi connectivity index (χ0v) is 26.0. The van der Waals surface area contributed by atoms with E-state index in [0.717, 1.165) is 0 Å². The molecule has 0 radical (unpaired) electrons. The normalized spacial score (nSPS) is 12.3. The third-order valence-corrected chi connectivity index (χ3v) is 13.4. The molecule has 0 atom stereocenters. The first-order valence-electron chi connectivity index (χ1n) is 14.1. The molecule has 0 fully saturated rings. The van der Waals surface area contributed by atoms with Crippen molar-refractivity contribution in [1.29, 1.82) is 0 Å². The molecule has 0 bridgehead atoms. The summed E-state index contributed by atoms with van der Waals surface area (Å²) in [4.78, 5) is 0. The first-order chi connectivity index (χ1) is 19.3. The molecule has 0 aliphatic heterocycles. The van der Waals surface area contributed by atoms with Gasteiger partial charge in [-0.05, 0) is 33.4 Å².